The molecule has 26 heavy (non-hydrogen) atoms. The first-order chi connectivity index (χ1) is 12.6. The molecule has 1 aromatic carbocycles. The van der Waals surface area contributed by atoms with Gasteiger partial charge in [-0.2, -0.15) is 0 Å². The number of benzene rings is 1. The van der Waals surface area contributed by atoms with Gasteiger partial charge in [-0.3, -0.25) is 0 Å². The molecule has 0 aliphatic carbocycles. The molecule has 2 N–H and O–H groups in total. The minimum atomic E-state index is -0.801. The van der Waals surface area contributed by atoms with Gasteiger partial charge in [0.2, 0.25) is 0 Å². The Bertz CT molecular complexity index is 433. The molecule has 152 valence electrons. The Morgan fingerprint density at radius 1 is 0.808 bits per heavy atom. The molecule has 0 heterocycles. The Kier molecular flexibility index (Phi) is 16.7. The van der Waals surface area contributed by atoms with Crippen molar-refractivity contribution in [2.45, 2.75) is 58.9 Å². The maximum atomic E-state index is 12.5. The third kappa shape index (κ3) is 13.2. The first-order valence-corrected chi connectivity index (χ1v) is 10.0. The number of nitrogens with one attached hydrogen (secondary N) is 2. The van der Waals surface area contributed by atoms with Crippen LogP contribution in [-0.4, -0.2) is 45.2 Å². The predicted molar refractivity (Wildman–Crippen MR) is 109 cm³/mol. The minimum absolute atomic E-state index is 0.553. The molecule has 5 heteroatoms. The van der Waals surface area contributed by atoms with Crippen LogP contribution in [0.1, 0.15) is 57.9 Å². The van der Waals surface area contributed by atoms with Crippen molar-refractivity contribution in [2.75, 3.05) is 40.3 Å². The van der Waals surface area contributed by atoms with E-state index in [-0.39, 0.29) is 0 Å². The van der Waals surface area contributed by atoms with Crippen LogP contribution in [0.25, 0.3) is 0 Å². The van der Waals surface area contributed by atoms with E-state index in [0.29, 0.717) is 6.54 Å². The van der Waals surface area contributed by atoms with Crippen LogP contribution in [0.15, 0.2) is 18.2 Å². The number of likely N-dealkylation sites (N-methyl/N-ethyl adjacent to an activating group) is 1. The van der Waals surface area contributed by atoms with Gasteiger partial charge in [-0.15, -0.1) is 0 Å². The van der Waals surface area contributed by atoms with Crippen LogP contribution in [-0.2, 0) is 6.54 Å². The fourth-order valence-corrected chi connectivity index (χ4v) is 2.60. The van der Waals surface area contributed by atoms with Crippen LogP contribution < -0.4 is 10.6 Å². The summed E-state index contributed by atoms with van der Waals surface area (Å²) in [6, 6.07) is 3.86. The molecule has 0 radical (unpaired) electrons. The summed E-state index contributed by atoms with van der Waals surface area (Å²) in [5, 5.41) is 6.08. The van der Waals surface area contributed by atoms with E-state index >= 15 is 0 Å². The van der Waals surface area contributed by atoms with Gasteiger partial charge in [0.05, 0.1) is 0 Å². The first-order valence-electron chi connectivity index (χ1n) is 10.0. The van der Waals surface area contributed by atoms with E-state index in [0.717, 1.165) is 18.2 Å². The molecule has 1 rings (SSSR count). The molecule has 0 spiro atoms. The van der Waals surface area contributed by atoms with Gasteiger partial charge >= 0.3 is 0 Å². The predicted octanol–water partition coefficient (Wildman–Crippen LogP) is 4.57. The molecule has 0 unspecified atom stereocenters. The van der Waals surface area contributed by atoms with Crippen LogP contribution in [0.4, 0.5) is 8.78 Å². The number of unbranched alkanes of at least 4 members (excludes halogenated alkanes) is 4. The summed E-state index contributed by atoms with van der Waals surface area (Å²) in [5.41, 5.74) is 0.742. The lowest BCUT2D eigenvalue weighted by Gasteiger charge is -2.21. The molecule has 0 aromatic heterocycles. The second kappa shape index (κ2) is 17.4. The Morgan fingerprint density at radius 2 is 1.50 bits per heavy atom. The van der Waals surface area contributed by atoms with E-state index in [1.807, 2.05) is 7.05 Å². The van der Waals surface area contributed by atoms with E-state index in [4.69, 9.17) is 0 Å². The maximum Gasteiger partial charge on any atom is 0.159 e. The van der Waals surface area contributed by atoms with Crippen molar-refractivity contribution in [2.24, 2.45) is 0 Å². The monoisotopic (exact) mass is 371 g/mol. The summed E-state index contributed by atoms with van der Waals surface area (Å²) in [5.74, 6) is -1.59. The second-order valence-electron chi connectivity index (χ2n) is 6.64. The SMILES string of the molecule is CCCCCCN(CCCC)CCNC.CNCc1ccc(F)c(F)c1. The number of rotatable bonds is 13. The van der Waals surface area contributed by atoms with E-state index in [2.05, 4.69) is 29.4 Å². The first kappa shape index (κ1) is 25.0. The third-order valence-corrected chi connectivity index (χ3v) is 4.20. The molecule has 3 nitrogen and oxygen atoms in total. The lowest BCUT2D eigenvalue weighted by atomic mass is 10.2. The summed E-state index contributed by atoms with van der Waals surface area (Å²) in [6.45, 7) is 10.0. The van der Waals surface area contributed by atoms with Crippen LogP contribution in [0.2, 0.25) is 0 Å². The van der Waals surface area contributed by atoms with E-state index in [1.165, 1.54) is 64.2 Å². The van der Waals surface area contributed by atoms with Crippen molar-refractivity contribution in [3.05, 3.63) is 35.4 Å². The van der Waals surface area contributed by atoms with Crippen molar-refractivity contribution in [3.63, 3.8) is 0 Å². The molecule has 0 aliphatic heterocycles. The summed E-state index contributed by atoms with van der Waals surface area (Å²) in [4.78, 5) is 2.61. The molecule has 0 saturated heterocycles. The second-order valence-corrected chi connectivity index (χ2v) is 6.64. The minimum Gasteiger partial charge on any atom is -0.318 e. The van der Waals surface area contributed by atoms with Crippen molar-refractivity contribution >= 4 is 0 Å². The largest absolute Gasteiger partial charge is 0.318 e. The highest BCUT2D eigenvalue weighted by atomic mass is 19.2. The van der Waals surface area contributed by atoms with Crippen molar-refractivity contribution in [1.82, 2.24) is 15.5 Å². The molecule has 0 bridgehead atoms. The molecule has 1 aromatic rings. The zero-order chi connectivity index (χ0) is 19.6. The molecule has 0 fully saturated rings. The maximum absolute atomic E-state index is 12.5. The highest BCUT2D eigenvalue weighted by Gasteiger charge is 2.03. The standard InChI is InChI=1S/C13H30N2.C8H9F2N/c1-4-6-8-9-12-15(11-7-5-2)13-10-14-3;1-11-5-6-2-3-7(9)8(10)4-6/h14H,4-13H2,1-3H3;2-4,11H,5H2,1H3. The summed E-state index contributed by atoms with van der Waals surface area (Å²) in [7, 11) is 3.79. The smallest absolute Gasteiger partial charge is 0.159 e. The zero-order valence-electron chi connectivity index (χ0n) is 17.2. The van der Waals surface area contributed by atoms with Crippen molar-refractivity contribution in [3.8, 4) is 0 Å². The van der Waals surface area contributed by atoms with Crippen LogP contribution >= 0.6 is 0 Å². The van der Waals surface area contributed by atoms with Gasteiger partial charge in [-0.05, 0) is 57.7 Å². The highest BCUT2D eigenvalue weighted by Crippen LogP contribution is 2.07. The topological polar surface area (TPSA) is 27.3 Å². The van der Waals surface area contributed by atoms with Gasteiger partial charge < -0.3 is 15.5 Å². The highest BCUT2D eigenvalue weighted by molar-refractivity contribution is 5.17. The molecular formula is C21H39F2N3. The van der Waals surface area contributed by atoms with Crippen LogP contribution in [0.3, 0.4) is 0 Å². The third-order valence-electron chi connectivity index (χ3n) is 4.20. The summed E-state index contributed by atoms with van der Waals surface area (Å²) >= 11 is 0. The Morgan fingerprint density at radius 3 is 2.08 bits per heavy atom. The molecule has 0 amide bonds. The quantitative estimate of drug-likeness (QED) is 0.497. The van der Waals surface area contributed by atoms with Gasteiger partial charge in [0.25, 0.3) is 0 Å². The number of hydrogen-bond acceptors (Lipinski definition) is 3. The van der Waals surface area contributed by atoms with Gasteiger partial charge in [-0.1, -0.05) is 45.6 Å². The fraction of sp³-hybridized carbons (Fsp3) is 0.714. The summed E-state index contributed by atoms with van der Waals surface area (Å²) in [6.07, 6.45) is 8.17. The Hall–Kier alpha value is -1.04. The van der Waals surface area contributed by atoms with Crippen molar-refractivity contribution < 1.29 is 8.78 Å². The lowest BCUT2D eigenvalue weighted by molar-refractivity contribution is 0.265. The van der Waals surface area contributed by atoms with Gasteiger partial charge in [0, 0.05) is 19.6 Å². The zero-order valence-corrected chi connectivity index (χ0v) is 17.2. The van der Waals surface area contributed by atoms with Crippen LogP contribution in [0.5, 0.6) is 0 Å². The number of hydrogen-bond donors (Lipinski definition) is 2. The van der Waals surface area contributed by atoms with Crippen LogP contribution in [0, 0.1) is 11.6 Å². The Balaban J connectivity index is 0.000000502. The van der Waals surface area contributed by atoms with Gasteiger partial charge in [0.15, 0.2) is 11.6 Å². The molecule has 0 atom stereocenters. The summed E-state index contributed by atoms with van der Waals surface area (Å²) < 4.78 is 24.8. The average Bonchev–Trinajstić information content (AvgIpc) is 2.64. The lowest BCUT2D eigenvalue weighted by Crippen LogP contribution is -2.32. The normalized spacial score (nSPS) is 10.7. The van der Waals surface area contributed by atoms with Crippen molar-refractivity contribution in [1.29, 1.82) is 0 Å². The average molecular weight is 372 g/mol. The number of halogens is 2. The van der Waals surface area contributed by atoms with E-state index in [1.54, 1.807) is 13.1 Å². The Labute approximate surface area is 159 Å². The van der Waals surface area contributed by atoms with Gasteiger partial charge in [0.1, 0.15) is 0 Å². The molecule has 0 saturated carbocycles. The molecule has 0 aliphatic rings. The van der Waals surface area contributed by atoms with Gasteiger partial charge in [-0.25, -0.2) is 8.78 Å². The van der Waals surface area contributed by atoms with E-state index < -0.39 is 11.6 Å². The number of nitrogens with zero attached hydrogens (tertiary/aromatic N) is 1. The fourth-order valence-electron chi connectivity index (χ4n) is 2.60. The molecular weight excluding hydrogens is 332 g/mol. The van der Waals surface area contributed by atoms with E-state index in [9.17, 15) is 8.78 Å².